The molecule has 4 aromatic carbocycles. The minimum atomic E-state index is -0.731. The molecule has 0 aliphatic rings. The first-order chi connectivity index (χ1) is 18.1. The van der Waals surface area contributed by atoms with Gasteiger partial charge < -0.3 is 9.47 Å². The van der Waals surface area contributed by atoms with E-state index in [9.17, 15) is 9.59 Å². The fourth-order valence-electron chi connectivity index (χ4n) is 3.38. The first kappa shape index (κ1) is 25.1. The van der Waals surface area contributed by atoms with Crippen LogP contribution in [0.4, 0.5) is 0 Å². The van der Waals surface area contributed by atoms with Gasteiger partial charge in [0.15, 0.2) is 6.10 Å². The molecule has 1 amide bonds. The molecule has 1 atom stereocenters. The van der Waals surface area contributed by atoms with Crippen molar-refractivity contribution in [3.63, 3.8) is 0 Å². The van der Waals surface area contributed by atoms with Crippen molar-refractivity contribution in [2.45, 2.75) is 13.0 Å². The molecule has 0 aliphatic heterocycles. The third kappa shape index (κ3) is 7.77. The van der Waals surface area contributed by atoms with Gasteiger partial charge in [0.05, 0.1) is 6.21 Å². The lowest BCUT2D eigenvalue weighted by molar-refractivity contribution is -0.129. The maximum Gasteiger partial charge on any atom is 0.336 e. The summed E-state index contributed by atoms with van der Waals surface area (Å²) in [5.74, 6) is 0.152. The normalized spacial score (nSPS) is 11.8. The molecule has 0 aliphatic carbocycles. The second-order valence-electron chi connectivity index (χ2n) is 8.12. The summed E-state index contributed by atoms with van der Waals surface area (Å²) in [4.78, 5) is 24.4. The number of ether oxygens (including phenoxy) is 2. The monoisotopic (exact) mass is 490 g/mol. The highest BCUT2D eigenvalue weighted by atomic mass is 16.5. The number of esters is 1. The van der Waals surface area contributed by atoms with Gasteiger partial charge in [-0.15, -0.1) is 0 Å². The van der Waals surface area contributed by atoms with Crippen LogP contribution in [0.2, 0.25) is 0 Å². The van der Waals surface area contributed by atoms with Crippen molar-refractivity contribution in [2.75, 3.05) is 0 Å². The summed E-state index contributed by atoms with van der Waals surface area (Å²) in [5.41, 5.74) is 6.30. The molecule has 37 heavy (non-hydrogen) atoms. The zero-order chi connectivity index (χ0) is 25.9. The molecule has 0 saturated heterocycles. The van der Waals surface area contributed by atoms with Crippen LogP contribution in [0.25, 0.3) is 17.2 Å². The Morgan fingerprint density at radius 3 is 2.00 bits per heavy atom. The molecule has 6 heteroatoms. The topological polar surface area (TPSA) is 77.0 Å². The van der Waals surface area contributed by atoms with Gasteiger partial charge in [-0.25, -0.2) is 10.2 Å². The molecule has 0 fully saturated rings. The highest BCUT2D eigenvalue weighted by Gasteiger charge is 2.14. The van der Waals surface area contributed by atoms with Gasteiger partial charge in [-0.05, 0) is 71.7 Å². The van der Waals surface area contributed by atoms with Crippen LogP contribution in [0.15, 0.2) is 120 Å². The van der Waals surface area contributed by atoms with E-state index in [1.807, 2.05) is 84.9 Å². The van der Waals surface area contributed by atoms with Gasteiger partial charge in [-0.1, -0.05) is 72.8 Å². The molecule has 184 valence electrons. The van der Waals surface area contributed by atoms with E-state index in [2.05, 4.69) is 10.5 Å². The number of hydrogen-bond acceptors (Lipinski definition) is 5. The van der Waals surface area contributed by atoms with E-state index in [1.54, 1.807) is 37.3 Å². The molecule has 0 heterocycles. The van der Waals surface area contributed by atoms with Gasteiger partial charge in [0.25, 0.3) is 5.91 Å². The number of nitrogens with one attached hydrogen (secondary N) is 1. The fraction of sp³-hybridized carbons (Fsp3) is 0.0645. The largest absolute Gasteiger partial charge is 0.481 e. The molecule has 0 saturated carbocycles. The van der Waals surface area contributed by atoms with E-state index in [0.717, 1.165) is 22.3 Å². The molecule has 0 unspecified atom stereocenters. The Morgan fingerprint density at radius 2 is 1.32 bits per heavy atom. The van der Waals surface area contributed by atoms with Gasteiger partial charge in [0, 0.05) is 6.08 Å². The summed E-state index contributed by atoms with van der Waals surface area (Å²) in [6.07, 6.45) is 3.84. The molecule has 0 radical (unpaired) electrons. The number of hydrazone groups is 1. The maximum atomic E-state index is 12.4. The van der Waals surface area contributed by atoms with Crippen LogP contribution < -0.4 is 14.9 Å². The highest BCUT2D eigenvalue weighted by Crippen LogP contribution is 2.22. The van der Waals surface area contributed by atoms with Crippen molar-refractivity contribution < 1.29 is 19.1 Å². The van der Waals surface area contributed by atoms with Crippen molar-refractivity contribution in [3.05, 3.63) is 126 Å². The van der Waals surface area contributed by atoms with Crippen molar-refractivity contribution in [2.24, 2.45) is 5.10 Å². The first-order valence-electron chi connectivity index (χ1n) is 11.8. The summed E-state index contributed by atoms with van der Waals surface area (Å²) in [6, 6.07) is 33.9. The average Bonchev–Trinajstić information content (AvgIpc) is 2.94. The number of nitrogens with zero attached hydrogens (tertiary/aromatic N) is 1. The van der Waals surface area contributed by atoms with E-state index in [0.29, 0.717) is 11.5 Å². The molecular formula is C31H26N2O4. The Balaban J connectivity index is 1.23. The maximum absolute atomic E-state index is 12.4. The van der Waals surface area contributed by atoms with E-state index in [4.69, 9.17) is 9.47 Å². The summed E-state index contributed by atoms with van der Waals surface area (Å²) >= 11 is 0. The summed E-state index contributed by atoms with van der Waals surface area (Å²) < 4.78 is 11.0. The lowest BCUT2D eigenvalue weighted by atomic mass is 10.1. The van der Waals surface area contributed by atoms with Gasteiger partial charge in [-0.3, -0.25) is 4.79 Å². The zero-order valence-corrected chi connectivity index (χ0v) is 20.3. The molecule has 1 N–H and O–H groups in total. The molecule has 4 rings (SSSR count). The Morgan fingerprint density at radius 1 is 0.730 bits per heavy atom. The second kappa shape index (κ2) is 12.7. The number of rotatable bonds is 9. The van der Waals surface area contributed by atoms with Crippen LogP contribution in [0.1, 0.15) is 18.1 Å². The molecular weight excluding hydrogens is 464 g/mol. The Bertz CT molecular complexity index is 1360. The quantitative estimate of drug-likeness (QED) is 0.104. The standard InChI is InChI=1S/C31H26N2O4/c1-23(36-28-19-15-27(16-20-28)26-10-6-3-7-11-26)31(35)33-32-22-25-12-17-29(18-13-25)37-30(34)21-14-24-8-4-2-5-9-24/h2-23H,1H3,(H,33,35)/b21-14+,32-22-/t23-/m1/s1. The third-order valence-electron chi connectivity index (χ3n) is 5.34. The van der Waals surface area contributed by atoms with Crippen molar-refractivity contribution in [1.29, 1.82) is 0 Å². The number of hydrogen-bond donors (Lipinski definition) is 1. The van der Waals surface area contributed by atoms with Gasteiger partial charge in [-0.2, -0.15) is 5.10 Å². The van der Waals surface area contributed by atoms with E-state index >= 15 is 0 Å². The number of carbonyl (C=O) groups excluding carboxylic acids is 2. The Hall–Kier alpha value is -4.97. The SMILES string of the molecule is C[C@@H](Oc1ccc(-c2ccccc2)cc1)C(=O)N/N=C\c1ccc(OC(=O)/C=C/c2ccccc2)cc1. The summed E-state index contributed by atoms with van der Waals surface area (Å²) in [7, 11) is 0. The van der Waals surface area contributed by atoms with Crippen LogP contribution in [0, 0.1) is 0 Å². The highest BCUT2D eigenvalue weighted by molar-refractivity contribution is 5.89. The molecule has 4 aromatic rings. The summed E-state index contributed by atoms with van der Waals surface area (Å²) in [5, 5.41) is 3.99. The molecule has 0 spiro atoms. The Kier molecular flexibility index (Phi) is 8.59. The Labute approximate surface area is 215 Å². The predicted molar refractivity (Wildman–Crippen MR) is 145 cm³/mol. The fourth-order valence-corrected chi connectivity index (χ4v) is 3.38. The predicted octanol–water partition coefficient (Wildman–Crippen LogP) is 5.89. The third-order valence-corrected chi connectivity index (χ3v) is 5.34. The minimum Gasteiger partial charge on any atom is -0.481 e. The van der Waals surface area contributed by atoms with Crippen LogP contribution >= 0.6 is 0 Å². The van der Waals surface area contributed by atoms with Gasteiger partial charge in [0.2, 0.25) is 0 Å². The van der Waals surface area contributed by atoms with Crippen molar-refractivity contribution in [3.8, 4) is 22.6 Å². The lowest BCUT2D eigenvalue weighted by Gasteiger charge is -2.13. The molecule has 0 bridgehead atoms. The number of amides is 1. The van der Waals surface area contributed by atoms with Crippen LogP contribution in [-0.4, -0.2) is 24.2 Å². The van der Waals surface area contributed by atoms with Crippen LogP contribution in [0.3, 0.4) is 0 Å². The summed E-state index contributed by atoms with van der Waals surface area (Å²) in [6.45, 7) is 1.66. The van der Waals surface area contributed by atoms with Crippen LogP contribution in [0.5, 0.6) is 11.5 Å². The van der Waals surface area contributed by atoms with Gasteiger partial charge in [0.1, 0.15) is 11.5 Å². The van der Waals surface area contributed by atoms with E-state index in [-0.39, 0.29) is 5.91 Å². The van der Waals surface area contributed by atoms with Crippen molar-refractivity contribution in [1.82, 2.24) is 5.43 Å². The second-order valence-corrected chi connectivity index (χ2v) is 8.12. The first-order valence-corrected chi connectivity index (χ1v) is 11.8. The molecule has 6 nitrogen and oxygen atoms in total. The number of benzene rings is 4. The molecule has 0 aromatic heterocycles. The van der Waals surface area contributed by atoms with E-state index < -0.39 is 12.1 Å². The smallest absolute Gasteiger partial charge is 0.336 e. The minimum absolute atomic E-state index is 0.376. The van der Waals surface area contributed by atoms with E-state index in [1.165, 1.54) is 12.3 Å². The van der Waals surface area contributed by atoms with Crippen molar-refractivity contribution >= 4 is 24.2 Å². The lowest BCUT2D eigenvalue weighted by Crippen LogP contribution is -2.33. The van der Waals surface area contributed by atoms with Gasteiger partial charge >= 0.3 is 5.97 Å². The number of carbonyl (C=O) groups is 2. The zero-order valence-electron chi connectivity index (χ0n) is 20.3. The van der Waals surface area contributed by atoms with Crippen LogP contribution in [-0.2, 0) is 9.59 Å². The average molecular weight is 491 g/mol.